The number of urea groups is 1. The van der Waals surface area contributed by atoms with Crippen LogP contribution in [0.3, 0.4) is 0 Å². The quantitative estimate of drug-likeness (QED) is 0.743. The molecule has 10 nitrogen and oxygen atoms in total. The van der Waals surface area contributed by atoms with Crippen LogP contribution in [0.5, 0.6) is 0 Å². The van der Waals surface area contributed by atoms with Gasteiger partial charge in [-0.25, -0.2) is 4.79 Å². The molecule has 3 N–H and O–H groups in total. The summed E-state index contributed by atoms with van der Waals surface area (Å²) in [6, 6.07) is 1.74. The molecule has 0 aromatic carbocycles. The van der Waals surface area contributed by atoms with Gasteiger partial charge in [0.05, 0.1) is 12.2 Å². The lowest BCUT2D eigenvalue weighted by Crippen LogP contribution is -2.37. The van der Waals surface area contributed by atoms with Crippen molar-refractivity contribution in [1.82, 2.24) is 30.1 Å². The van der Waals surface area contributed by atoms with Crippen LogP contribution in [0.4, 0.5) is 4.79 Å². The van der Waals surface area contributed by atoms with E-state index in [2.05, 4.69) is 20.6 Å². The number of nitrogens with one attached hydrogen (secondary N) is 1. The Balaban J connectivity index is 1.73. The van der Waals surface area contributed by atoms with Gasteiger partial charge in [-0.1, -0.05) is 5.16 Å². The van der Waals surface area contributed by atoms with Crippen LogP contribution in [0, 0.1) is 13.8 Å². The van der Waals surface area contributed by atoms with Gasteiger partial charge in [-0.05, 0) is 26.3 Å². The summed E-state index contributed by atoms with van der Waals surface area (Å²) in [5.74, 6) is -0.872. The fraction of sp³-hybridized carbons (Fsp3) is 0.500. The van der Waals surface area contributed by atoms with Crippen LogP contribution in [0.25, 0.3) is 0 Å². The minimum atomic E-state index is -0.780. The van der Waals surface area contributed by atoms with Crippen LogP contribution in [-0.4, -0.2) is 50.4 Å². The van der Waals surface area contributed by atoms with E-state index in [4.69, 9.17) is 10.3 Å². The molecule has 2 aromatic heterocycles. The Hall–Kier alpha value is -2.91. The Kier molecular flexibility index (Phi) is 5.51. The molecule has 0 aliphatic rings. The maximum Gasteiger partial charge on any atom is 0.317 e. The molecule has 0 spiro atoms. The number of carbonyl (C=O) groups is 2. The lowest BCUT2D eigenvalue weighted by atomic mass is 10.3. The van der Waals surface area contributed by atoms with Crippen molar-refractivity contribution in [1.29, 1.82) is 0 Å². The molecule has 0 radical (unpaired) electrons. The fourth-order valence-corrected chi connectivity index (χ4v) is 2.17. The molecular weight excluding hydrogens is 314 g/mol. The number of aromatic nitrogens is 4. The molecule has 2 heterocycles. The number of aryl methyl sites for hydroxylation is 3. The van der Waals surface area contributed by atoms with Crippen molar-refractivity contribution >= 4 is 11.9 Å². The van der Waals surface area contributed by atoms with Gasteiger partial charge in [0.1, 0.15) is 0 Å². The molecule has 0 fully saturated rings. The summed E-state index contributed by atoms with van der Waals surface area (Å²) in [6.45, 7) is 5.29. The van der Waals surface area contributed by atoms with E-state index >= 15 is 0 Å². The highest BCUT2D eigenvalue weighted by atomic mass is 16.5. The molecule has 0 saturated heterocycles. The van der Waals surface area contributed by atoms with E-state index in [1.165, 1.54) is 0 Å². The van der Waals surface area contributed by atoms with Crippen molar-refractivity contribution in [2.75, 3.05) is 13.6 Å². The van der Waals surface area contributed by atoms with E-state index in [9.17, 15) is 9.59 Å². The first-order valence-corrected chi connectivity index (χ1v) is 7.49. The topological polar surface area (TPSA) is 132 Å². The molecule has 2 aromatic rings. The molecular formula is C14H21N7O3. The molecule has 0 bridgehead atoms. The maximum absolute atomic E-state index is 12.0. The van der Waals surface area contributed by atoms with Crippen molar-refractivity contribution in [3.63, 3.8) is 0 Å². The third-order valence-electron chi connectivity index (χ3n) is 3.39. The summed E-state index contributed by atoms with van der Waals surface area (Å²) < 4.78 is 6.73. The molecule has 130 valence electrons. The number of nitrogens with zero attached hydrogens (tertiary/aromatic N) is 5. The molecule has 10 heteroatoms. The maximum atomic E-state index is 12.0. The summed E-state index contributed by atoms with van der Waals surface area (Å²) in [5, 5.41) is 10.4. The predicted octanol–water partition coefficient (Wildman–Crippen LogP) is 0.214. The summed E-state index contributed by atoms with van der Waals surface area (Å²) in [7, 11) is 1.69. The second-order valence-electron chi connectivity index (χ2n) is 5.46. The second kappa shape index (κ2) is 7.57. The lowest BCUT2D eigenvalue weighted by Gasteiger charge is -2.17. The number of hydrogen-bond acceptors (Lipinski definition) is 6. The van der Waals surface area contributed by atoms with Gasteiger partial charge in [-0.2, -0.15) is 10.1 Å². The third kappa shape index (κ3) is 4.54. The zero-order chi connectivity index (χ0) is 17.7. The monoisotopic (exact) mass is 335 g/mol. The van der Waals surface area contributed by atoms with Gasteiger partial charge in [0, 0.05) is 25.8 Å². The highest BCUT2D eigenvalue weighted by Gasteiger charge is 2.13. The highest BCUT2D eigenvalue weighted by molar-refractivity contribution is 5.88. The van der Waals surface area contributed by atoms with Crippen LogP contribution < -0.4 is 11.1 Å². The Morgan fingerprint density at radius 2 is 2.17 bits per heavy atom. The third-order valence-corrected chi connectivity index (χ3v) is 3.39. The second-order valence-corrected chi connectivity index (χ2v) is 5.46. The average molecular weight is 335 g/mol. The molecule has 0 unspecified atom stereocenters. The van der Waals surface area contributed by atoms with Gasteiger partial charge >= 0.3 is 6.03 Å². The summed E-state index contributed by atoms with van der Waals surface area (Å²) in [6.07, 6.45) is 0.776. The molecule has 24 heavy (non-hydrogen) atoms. The Morgan fingerprint density at radius 1 is 1.42 bits per heavy atom. The lowest BCUT2D eigenvalue weighted by molar-refractivity contribution is 0.0987. The SMILES string of the molecule is Cc1cc(C)n(CCCN(C)C(=O)NCc2nc(C(N)=O)no2)n1. The summed E-state index contributed by atoms with van der Waals surface area (Å²) in [5.41, 5.74) is 7.10. The zero-order valence-electron chi connectivity index (χ0n) is 13.9. The molecule has 0 aliphatic heterocycles. The van der Waals surface area contributed by atoms with E-state index in [-0.39, 0.29) is 24.3 Å². The van der Waals surface area contributed by atoms with E-state index in [1.54, 1.807) is 11.9 Å². The molecule has 3 amide bonds. The normalized spacial score (nSPS) is 10.6. The highest BCUT2D eigenvalue weighted by Crippen LogP contribution is 2.03. The van der Waals surface area contributed by atoms with Gasteiger partial charge in [-0.3, -0.25) is 9.48 Å². The zero-order valence-corrected chi connectivity index (χ0v) is 13.9. The smallest absolute Gasteiger partial charge is 0.317 e. The first kappa shape index (κ1) is 17.4. The summed E-state index contributed by atoms with van der Waals surface area (Å²) in [4.78, 5) is 28.1. The number of amides is 3. The first-order valence-electron chi connectivity index (χ1n) is 7.49. The van der Waals surface area contributed by atoms with Gasteiger partial charge in [0.2, 0.25) is 5.89 Å². The van der Waals surface area contributed by atoms with Crippen LogP contribution in [0.1, 0.15) is 34.3 Å². The van der Waals surface area contributed by atoms with Crippen molar-refractivity contribution in [2.45, 2.75) is 33.4 Å². The van der Waals surface area contributed by atoms with Crippen LogP contribution in [-0.2, 0) is 13.1 Å². The minimum Gasteiger partial charge on any atom is -0.363 e. The predicted molar refractivity (Wildman–Crippen MR) is 84.0 cm³/mol. The fourth-order valence-electron chi connectivity index (χ4n) is 2.17. The molecule has 2 rings (SSSR count). The van der Waals surface area contributed by atoms with Crippen LogP contribution in [0.15, 0.2) is 10.6 Å². The minimum absolute atomic E-state index is 0.0287. The Bertz CT molecular complexity index is 722. The number of primary amides is 1. The number of carbonyl (C=O) groups excluding carboxylic acids is 2. The molecule has 0 atom stereocenters. The Labute approximate surface area is 139 Å². The van der Waals surface area contributed by atoms with E-state index < -0.39 is 5.91 Å². The Morgan fingerprint density at radius 3 is 2.75 bits per heavy atom. The van der Waals surface area contributed by atoms with E-state index in [1.807, 2.05) is 24.6 Å². The largest absolute Gasteiger partial charge is 0.363 e. The van der Waals surface area contributed by atoms with Crippen LogP contribution in [0.2, 0.25) is 0 Å². The molecule has 0 aliphatic carbocycles. The summed E-state index contributed by atoms with van der Waals surface area (Å²) >= 11 is 0. The van der Waals surface area contributed by atoms with Gasteiger partial charge in [-0.15, -0.1) is 0 Å². The number of nitrogens with two attached hydrogens (primary N) is 1. The average Bonchev–Trinajstić information content (AvgIpc) is 3.11. The van der Waals surface area contributed by atoms with Gasteiger partial charge < -0.3 is 20.5 Å². The van der Waals surface area contributed by atoms with E-state index in [0.29, 0.717) is 6.54 Å². The first-order chi connectivity index (χ1) is 11.4. The van der Waals surface area contributed by atoms with Crippen LogP contribution >= 0.6 is 0 Å². The van der Waals surface area contributed by atoms with Crippen molar-refractivity contribution in [2.24, 2.45) is 5.73 Å². The molecule has 0 saturated carbocycles. The number of rotatable bonds is 7. The number of hydrogen-bond donors (Lipinski definition) is 2. The standard InChI is InChI=1S/C14H21N7O3/c1-9-7-10(2)21(18-9)6-4-5-20(3)14(23)16-8-11-17-13(12(15)22)19-24-11/h7H,4-6,8H2,1-3H3,(H2,15,22)(H,16,23). The van der Waals surface area contributed by atoms with Crippen molar-refractivity contribution in [3.8, 4) is 0 Å². The van der Waals surface area contributed by atoms with Gasteiger partial charge in [0.15, 0.2) is 0 Å². The van der Waals surface area contributed by atoms with E-state index in [0.717, 1.165) is 24.4 Å². The van der Waals surface area contributed by atoms with Gasteiger partial charge in [0.25, 0.3) is 11.7 Å². The van der Waals surface area contributed by atoms with Crippen molar-refractivity contribution in [3.05, 3.63) is 29.2 Å². The van der Waals surface area contributed by atoms with Crippen molar-refractivity contribution < 1.29 is 14.1 Å².